The van der Waals surface area contributed by atoms with Crippen molar-refractivity contribution in [3.8, 4) is 0 Å². The zero-order valence-corrected chi connectivity index (χ0v) is 14.3. The molecular weight excluding hydrogens is 308 g/mol. The summed E-state index contributed by atoms with van der Waals surface area (Å²) in [5.41, 5.74) is 1.43. The Labute approximate surface area is 142 Å². The van der Waals surface area contributed by atoms with Crippen LogP contribution in [0.1, 0.15) is 12.8 Å². The number of carbonyl (C=O) groups excluding carboxylic acids is 2. The quantitative estimate of drug-likeness (QED) is 0.690. The topological polar surface area (TPSA) is 82.7 Å². The van der Waals surface area contributed by atoms with Crippen molar-refractivity contribution in [2.45, 2.75) is 18.9 Å². The fourth-order valence-corrected chi connectivity index (χ4v) is 2.37. The second-order valence-electron chi connectivity index (χ2n) is 6.16. The number of benzene rings is 1. The average Bonchev–Trinajstić information content (AvgIpc) is 2.55. The highest BCUT2D eigenvalue weighted by molar-refractivity contribution is 5.93. The largest absolute Gasteiger partial charge is 0.378 e. The van der Waals surface area contributed by atoms with Crippen LogP contribution < -0.4 is 16.0 Å². The first-order chi connectivity index (χ1) is 11.5. The van der Waals surface area contributed by atoms with Crippen molar-refractivity contribution < 1.29 is 14.3 Å². The summed E-state index contributed by atoms with van der Waals surface area (Å²) in [6.45, 7) is 2.74. The Hall–Kier alpha value is -1.96. The van der Waals surface area contributed by atoms with E-state index in [-0.39, 0.29) is 17.9 Å². The minimum Gasteiger partial charge on any atom is -0.378 e. The first-order valence-corrected chi connectivity index (χ1v) is 8.18. The lowest BCUT2D eigenvalue weighted by Gasteiger charge is -2.23. The molecule has 1 aromatic carbocycles. The summed E-state index contributed by atoms with van der Waals surface area (Å²) in [5, 5.41) is 8.94. The number of carbonyl (C=O) groups is 2. The van der Waals surface area contributed by atoms with Crippen LogP contribution in [0.5, 0.6) is 0 Å². The molecule has 0 bridgehead atoms. The second kappa shape index (κ2) is 9.36. The van der Waals surface area contributed by atoms with Gasteiger partial charge in [0, 0.05) is 43.3 Å². The van der Waals surface area contributed by atoms with E-state index in [1.807, 2.05) is 19.0 Å². The Morgan fingerprint density at radius 2 is 1.79 bits per heavy atom. The van der Waals surface area contributed by atoms with Gasteiger partial charge in [0.25, 0.3) is 0 Å². The molecule has 1 saturated heterocycles. The van der Waals surface area contributed by atoms with Crippen LogP contribution in [0.3, 0.4) is 0 Å². The number of amides is 2. The summed E-state index contributed by atoms with van der Waals surface area (Å²) in [5.74, 6) is -0.0790. The van der Waals surface area contributed by atoms with E-state index in [0.29, 0.717) is 38.3 Å². The number of hydrogen-bond acceptors (Lipinski definition) is 5. The molecule has 0 spiro atoms. The van der Waals surface area contributed by atoms with Gasteiger partial charge in [0.15, 0.2) is 0 Å². The number of ether oxygens (including phenoxy) is 1. The van der Waals surface area contributed by atoms with Crippen LogP contribution in [0.25, 0.3) is 0 Å². The highest BCUT2D eigenvalue weighted by Crippen LogP contribution is 2.14. The van der Waals surface area contributed by atoms with Gasteiger partial charge < -0.3 is 25.6 Å². The van der Waals surface area contributed by atoms with Crippen LogP contribution in [0.2, 0.25) is 0 Å². The number of anilines is 2. The van der Waals surface area contributed by atoms with Gasteiger partial charge in [0.05, 0.1) is 13.2 Å². The minimum atomic E-state index is -0.0548. The van der Waals surface area contributed by atoms with Gasteiger partial charge in [0.1, 0.15) is 0 Å². The van der Waals surface area contributed by atoms with E-state index in [1.165, 1.54) is 0 Å². The van der Waals surface area contributed by atoms with E-state index in [2.05, 4.69) is 16.0 Å². The number of rotatable bonds is 7. The van der Waals surface area contributed by atoms with E-state index in [0.717, 1.165) is 12.2 Å². The lowest BCUT2D eigenvalue weighted by molar-refractivity contribution is -0.117. The molecule has 0 radical (unpaired) electrons. The van der Waals surface area contributed by atoms with Crippen molar-refractivity contribution in [1.82, 2.24) is 10.2 Å². The molecular formula is C17H26N4O3. The smallest absolute Gasteiger partial charge is 0.226 e. The van der Waals surface area contributed by atoms with Crippen LogP contribution in [0.15, 0.2) is 24.3 Å². The summed E-state index contributed by atoms with van der Waals surface area (Å²) in [6, 6.07) is 7.19. The second-order valence-corrected chi connectivity index (χ2v) is 6.16. The lowest BCUT2D eigenvalue weighted by atomic mass is 10.2. The van der Waals surface area contributed by atoms with Crippen molar-refractivity contribution in [2.75, 3.05) is 51.0 Å². The molecule has 1 heterocycles. The Bertz CT molecular complexity index is 539. The lowest BCUT2D eigenvalue weighted by Crippen LogP contribution is -2.43. The number of morpholine rings is 1. The first kappa shape index (κ1) is 18.4. The Morgan fingerprint density at radius 3 is 2.33 bits per heavy atom. The molecule has 1 fully saturated rings. The van der Waals surface area contributed by atoms with Crippen molar-refractivity contribution in [3.63, 3.8) is 0 Å². The van der Waals surface area contributed by atoms with Crippen LogP contribution in [0.4, 0.5) is 11.4 Å². The van der Waals surface area contributed by atoms with Gasteiger partial charge in [-0.1, -0.05) is 0 Å². The van der Waals surface area contributed by atoms with E-state index < -0.39 is 0 Å². The van der Waals surface area contributed by atoms with E-state index in [9.17, 15) is 9.59 Å². The number of nitrogens with zero attached hydrogens (tertiary/aromatic N) is 1. The van der Waals surface area contributed by atoms with Crippen LogP contribution in [0, 0.1) is 0 Å². The van der Waals surface area contributed by atoms with Crippen molar-refractivity contribution in [2.24, 2.45) is 0 Å². The van der Waals surface area contributed by atoms with Gasteiger partial charge in [-0.05, 0) is 38.4 Å². The van der Waals surface area contributed by atoms with Crippen LogP contribution >= 0.6 is 0 Å². The Balaban J connectivity index is 1.76. The molecule has 0 aromatic heterocycles. The molecule has 1 aliphatic rings. The van der Waals surface area contributed by atoms with Gasteiger partial charge in [-0.15, -0.1) is 0 Å². The fourth-order valence-electron chi connectivity index (χ4n) is 2.37. The monoisotopic (exact) mass is 334 g/mol. The van der Waals surface area contributed by atoms with Crippen LogP contribution in [-0.2, 0) is 14.3 Å². The zero-order chi connectivity index (χ0) is 17.4. The Morgan fingerprint density at radius 1 is 1.17 bits per heavy atom. The maximum absolute atomic E-state index is 12.0. The molecule has 132 valence electrons. The van der Waals surface area contributed by atoms with Crippen molar-refractivity contribution in [1.29, 1.82) is 0 Å². The number of hydrogen-bond donors (Lipinski definition) is 3. The van der Waals surface area contributed by atoms with E-state index >= 15 is 0 Å². The molecule has 2 rings (SSSR count). The maximum atomic E-state index is 12.0. The zero-order valence-electron chi connectivity index (χ0n) is 14.3. The third kappa shape index (κ3) is 6.66. The Kier molecular flexibility index (Phi) is 7.17. The van der Waals surface area contributed by atoms with Crippen LogP contribution in [-0.4, -0.2) is 63.2 Å². The summed E-state index contributed by atoms with van der Waals surface area (Å²) < 4.78 is 5.33. The van der Waals surface area contributed by atoms with E-state index in [1.54, 1.807) is 24.3 Å². The molecule has 1 aliphatic heterocycles. The predicted octanol–water partition coefficient (Wildman–Crippen LogP) is 0.894. The summed E-state index contributed by atoms with van der Waals surface area (Å²) in [4.78, 5) is 25.7. The molecule has 2 amide bonds. The van der Waals surface area contributed by atoms with Gasteiger partial charge in [-0.25, -0.2) is 0 Å². The highest BCUT2D eigenvalue weighted by Gasteiger charge is 2.16. The molecule has 1 atom stereocenters. The molecule has 7 nitrogen and oxygen atoms in total. The van der Waals surface area contributed by atoms with Gasteiger partial charge >= 0.3 is 0 Å². The minimum absolute atomic E-state index is 0.0242. The first-order valence-electron chi connectivity index (χ1n) is 8.18. The maximum Gasteiger partial charge on any atom is 0.226 e. The van der Waals surface area contributed by atoms with Crippen molar-refractivity contribution in [3.05, 3.63) is 24.3 Å². The molecule has 7 heteroatoms. The predicted molar refractivity (Wildman–Crippen MR) is 94.1 cm³/mol. The SMILES string of the molecule is CN(C)CCC(=O)Nc1ccc(NC(=O)CC2COCCN2)cc1. The van der Waals surface area contributed by atoms with Gasteiger partial charge in [-0.2, -0.15) is 0 Å². The highest BCUT2D eigenvalue weighted by atomic mass is 16.5. The standard InChI is InChI=1S/C17H26N4O3/c1-21(2)9-7-16(22)19-13-3-5-14(6-4-13)20-17(23)11-15-12-24-10-8-18-15/h3-6,15,18H,7-12H2,1-2H3,(H,19,22)(H,20,23). The molecule has 0 aliphatic carbocycles. The van der Waals surface area contributed by atoms with Gasteiger partial charge in [-0.3, -0.25) is 9.59 Å². The molecule has 0 saturated carbocycles. The molecule has 3 N–H and O–H groups in total. The summed E-state index contributed by atoms with van der Waals surface area (Å²) in [7, 11) is 3.86. The summed E-state index contributed by atoms with van der Waals surface area (Å²) >= 11 is 0. The molecule has 1 unspecified atom stereocenters. The molecule has 24 heavy (non-hydrogen) atoms. The van der Waals surface area contributed by atoms with E-state index in [4.69, 9.17) is 4.74 Å². The third-order valence-corrected chi connectivity index (χ3v) is 3.67. The molecule has 1 aromatic rings. The van der Waals surface area contributed by atoms with Crippen molar-refractivity contribution >= 4 is 23.2 Å². The normalized spacial score (nSPS) is 17.5. The van der Waals surface area contributed by atoms with Gasteiger partial charge in [0.2, 0.25) is 11.8 Å². The fraction of sp³-hybridized carbons (Fsp3) is 0.529. The average molecular weight is 334 g/mol. The summed E-state index contributed by atoms with van der Waals surface area (Å²) in [6.07, 6.45) is 0.824. The number of nitrogens with one attached hydrogen (secondary N) is 3. The third-order valence-electron chi connectivity index (χ3n) is 3.67.